The number of hydrogen-bond donors (Lipinski definition) is 1. The van der Waals surface area contributed by atoms with Crippen LogP contribution in [0.5, 0.6) is 0 Å². The molecule has 0 unspecified atom stereocenters. The van der Waals surface area contributed by atoms with Gasteiger partial charge < -0.3 is 15.1 Å². The van der Waals surface area contributed by atoms with Gasteiger partial charge in [-0.1, -0.05) is 48.0 Å². The number of nitrogens with zero attached hydrogens (tertiary/aromatic N) is 2. The first kappa shape index (κ1) is 20.7. The Morgan fingerprint density at radius 3 is 2.38 bits per heavy atom. The van der Waals surface area contributed by atoms with E-state index < -0.39 is 0 Å². The molecule has 0 amide bonds. The lowest BCUT2D eigenvalue weighted by Gasteiger charge is -2.27. The zero-order valence-corrected chi connectivity index (χ0v) is 17.6. The molecule has 0 spiro atoms. The molecule has 2 aromatic rings. The summed E-state index contributed by atoms with van der Waals surface area (Å²) in [4.78, 5) is 4.40. The summed E-state index contributed by atoms with van der Waals surface area (Å²) >= 11 is 12.2. The van der Waals surface area contributed by atoms with Gasteiger partial charge in [0.2, 0.25) is 0 Å². The van der Waals surface area contributed by atoms with Gasteiger partial charge in [-0.3, -0.25) is 0 Å². The molecule has 5 heteroatoms. The van der Waals surface area contributed by atoms with Gasteiger partial charge in [0.1, 0.15) is 0 Å². The molecule has 0 aliphatic heterocycles. The summed E-state index contributed by atoms with van der Waals surface area (Å²) < 4.78 is 0. The fourth-order valence-corrected chi connectivity index (χ4v) is 3.52. The molecule has 1 N–H and O–H groups in total. The Morgan fingerprint density at radius 2 is 1.77 bits per heavy atom. The smallest absolute Gasteiger partial charge is 0.173 e. The highest BCUT2D eigenvalue weighted by Gasteiger charge is 2.14. The monoisotopic (exact) mass is 389 g/mol. The van der Waals surface area contributed by atoms with Crippen LogP contribution in [0, 0.1) is 13.8 Å². The van der Waals surface area contributed by atoms with Crippen molar-refractivity contribution in [3.05, 3.63) is 64.2 Å². The van der Waals surface area contributed by atoms with Crippen molar-refractivity contribution in [3.63, 3.8) is 0 Å². The zero-order chi connectivity index (χ0) is 19.1. The fourth-order valence-electron chi connectivity index (χ4n) is 2.89. The number of thiocarbonyl (C=S) groups is 1. The summed E-state index contributed by atoms with van der Waals surface area (Å²) in [5.41, 5.74) is 4.39. The molecule has 26 heavy (non-hydrogen) atoms. The van der Waals surface area contributed by atoms with Gasteiger partial charge in [0.05, 0.1) is 10.7 Å². The molecule has 0 aliphatic rings. The first-order valence-electron chi connectivity index (χ1n) is 8.88. The fraction of sp³-hybridized carbons (Fsp3) is 0.381. The van der Waals surface area contributed by atoms with Crippen molar-refractivity contribution in [2.24, 2.45) is 0 Å². The largest absolute Gasteiger partial charge is 0.345 e. The minimum atomic E-state index is 0.706. The maximum Gasteiger partial charge on any atom is 0.173 e. The van der Waals surface area contributed by atoms with Crippen LogP contribution in [-0.4, -0.2) is 42.1 Å². The highest BCUT2D eigenvalue weighted by atomic mass is 35.5. The van der Waals surface area contributed by atoms with Crippen LogP contribution < -0.4 is 5.32 Å². The predicted molar refractivity (Wildman–Crippen MR) is 117 cm³/mol. The van der Waals surface area contributed by atoms with E-state index in [2.05, 4.69) is 66.5 Å². The number of anilines is 1. The van der Waals surface area contributed by atoms with Crippen molar-refractivity contribution in [2.75, 3.05) is 32.5 Å². The number of aryl methyl sites for hydroxylation is 2. The maximum absolute atomic E-state index is 6.44. The summed E-state index contributed by atoms with van der Waals surface area (Å²) in [6, 6.07) is 14.5. The Morgan fingerprint density at radius 1 is 1.08 bits per heavy atom. The van der Waals surface area contributed by atoms with Crippen LogP contribution in [0.2, 0.25) is 5.02 Å². The van der Waals surface area contributed by atoms with Gasteiger partial charge in [0, 0.05) is 13.1 Å². The SMILES string of the molecule is Cc1cc(C)c(NC(=S)N(CCCN(C)C)Cc2ccccc2)c(Cl)c1. The number of rotatable bonds is 7. The standard InChI is InChI=1S/C21H28ClN3S/c1-16-13-17(2)20(19(22)14-16)23-21(26)25(12-8-11-24(3)4)15-18-9-6-5-7-10-18/h5-7,9-10,13-14H,8,11-12,15H2,1-4H3,(H,23,26). The normalized spacial score (nSPS) is 10.8. The molecule has 0 atom stereocenters. The Balaban J connectivity index is 2.14. The van der Waals surface area contributed by atoms with Crippen molar-refractivity contribution in [3.8, 4) is 0 Å². The second-order valence-corrected chi connectivity index (χ2v) is 7.73. The van der Waals surface area contributed by atoms with Gasteiger partial charge in [-0.2, -0.15) is 0 Å². The maximum atomic E-state index is 6.44. The lowest BCUT2D eigenvalue weighted by Crippen LogP contribution is -2.36. The molecule has 0 saturated carbocycles. The van der Waals surface area contributed by atoms with Crippen molar-refractivity contribution in [2.45, 2.75) is 26.8 Å². The Bertz CT molecular complexity index is 708. The van der Waals surface area contributed by atoms with E-state index in [4.69, 9.17) is 23.8 Å². The zero-order valence-electron chi connectivity index (χ0n) is 16.1. The van der Waals surface area contributed by atoms with Crippen molar-refractivity contribution in [1.82, 2.24) is 9.80 Å². The Kier molecular flexibility index (Phi) is 7.88. The molecule has 0 bridgehead atoms. The number of hydrogen-bond acceptors (Lipinski definition) is 2. The van der Waals surface area contributed by atoms with E-state index in [0.717, 1.165) is 42.9 Å². The quantitative estimate of drug-likeness (QED) is 0.663. The van der Waals surface area contributed by atoms with Crippen LogP contribution in [0.25, 0.3) is 0 Å². The molecule has 0 aliphatic carbocycles. The van der Waals surface area contributed by atoms with E-state index in [9.17, 15) is 0 Å². The van der Waals surface area contributed by atoms with Crippen LogP contribution in [0.4, 0.5) is 5.69 Å². The molecular formula is C21H28ClN3S. The summed E-state index contributed by atoms with van der Waals surface area (Å²) in [7, 11) is 4.18. The lowest BCUT2D eigenvalue weighted by atomic mass is 10.1. The minimum absolute atomic E-state index is 0.706. The van der Waals surface area contributed by atoms with Gasteiger partial charge in [0.15, 0.2) is 5.11 Å². The Labute approximate surface area is 168 Å². The summed E-state index contributed by atoms with van der Waals surface area (Å²) in [5, 5.41) is 4.79. The average Bonchev–Trinajstić information content (AvgIpc) is 2.57. The van der Waals surface area contributed by atoms with Crippen LogP contribution in [0.1, 0.15) is 23.1 Å². The highest BCUT2D eigenvalue weighted by molar-refractivity contribution is 7.80. The van der Waals surface area contributed by atoms with E-state index in [0.29, 0.717) is 10.1 Å². The molecule has 0 saturated heterocycles. The lowest BCUT2D eigenvalue weighted by molar-refractivity contribution is 0.346. The summed E-state index contributed by atoms with van der Waals surface area (Å²) in [6.45, 7) is 6.80. The van der Waals surface area contributed by atoms with Crippen molar-refractivity contribution < 1.29 is 0 Å². The van der Waals surface area contributed by atoms with Crippen LogP contribution in [0.3, 0.4) is 0 Å². The van der Waals surface area contributed by atoms with E-state index in [-0.39, 0.29) is 0 Å². The van der Waals surface area contributed by atoms with Crippen LogP contribution >= 0.6 is 23.8 Å². The highest BCUT2D eigenvalue weighted by Crippen LogP contribution is 2.27. The van der Waals surface area contributed by atoms with E-state index >= 15 is 0 Å². The van der Waals surface area contributed by atoms with Gasteiger partial charge in [-0.25, -0.2) is 0 Å². The molecule has 2 rings (SSSR count). The number of benzene rings is 2. The van der Waals surface area contributed by atoms with Gasteiger partial charge in [-0.05, 0) is 75.9 Å². The summed E-state index contributed by atoms with van der Waals surface area (Å²) in [6.07, 6.45) is 1.04. The molecule has 3 nitrogen and oxygen atoms in total. The second-order valence-electron chi connectivity index (χ2n) is 6.93. The number of nitrogens with one attached hydrogen (secondary N) is 1. The molecule has 0 aromatic heterocycles. The van der Waals surface area contributed by atoms with Gasteiger partial charge >= 0.3 is 0 Å². The van der Waals surface area contributed by atoms with Crippen LogP contribution in [0.15, 0.2) is 42.5 Å². The van der Waals surface area contributed by atoms with E-state index in [1.807, 2.05) is 19.1 Å². The molecule has 0 radical (unpaired) electrons. The Hall–Kier alpha value is -1.62. The molecule has 140 valence electrons. The topological polar surface area (TPSA) is 18.5 Å². The van der Waals surface area contributed by atoms with Gasteiger partial charge in [0.25, 0.3) is 0 Å². The molecular weight excluding hydrogens is 362 g/mol. The third-order valence-corrected chi connectivity index (χ3v) is 4.86. The second kappa shape index (κ2) is 9.91. The van der Waals surface area contributed by atoms with Crippen molar-refractivity contribution >= 4 is 34.6 Å². The first-order chi connectivity index (χ1) is 12.4. The third-order valence-electron chi connectivity index (χ3n) is 4.20. The third kappa shape index (κ3) is 6.27. The van der Waals surface area contributed by atoms with E-state index in [1.165, 1.54) is 5.56 Å². The molecule has 0 fully saturated rings. The van der Waals surface area contributed by atoms with Crippen LogP contribution in [-0.2, 0) is 6.54 Å². The number of halogens is 1. The van der Waals surface area contributed by atoms with Gasteiger partial charge in [-0.15, -0.1) is 0 Å². The summed E-state index contributed by atoms with van der Waals surface area (Å²) in [5.74, 6) is 0. The van der Waals surface area contributed by atoms with Crippen molar-refractivity contribution in [1.29, 1.82) is 0 Å². The molecule has 2 aromatic carbocycles. The minimum Gasteiger partial charge on any atom is -0.345 e. The average molecular weight is 390 g/mol. The first-order valence-corrected chi connectivity index (χ1v) is 9.66. The predicted octanol–water partition coefficient (Wildman–Crippen LogP) is 5.11. The van der Waals surface area contributed by atoms with E-state index in [1.54, 1.807) is 0 Å². The molecule has 0 heterocycles.